The third-order valence-electron chi connectivity index (χ3n) is 3.63. The number of aliphatic hydroxyl groups is 2. The van der Waals surface area contributed by atoms with Crippen molar-refractivity contribution in [1.82, 2.24) is 0 Å². The molecular formula is C18H22O2. The first kappa shape index (κ1) is 14.8. The van der Waals surface area contributed by atoms with Crippen LogP contribution in [0.1, 0.15) is 48.3 Å². The van der Waals surface area contributed by atoms with Gasteiger partial charge in [-0.2, -0.15) is 0 Å². The molecule has 2 nitrogen and oxygen atoms in total. The fourth-order valence-corrected chi connectivity index (χ4v) is 2.21. The first-order valence-corrected chi connectivity index (χ1v) is 7.10. The average Bonchev–Trinajstić information content (AvgIpc) is 2.46. The van der Waals surface area contributed by atoms with Gasteiger partial charge in [-0.05, 0) is 48.9 Å². The van der Waals surface area contributed by atoms with Gasteiger partial charge in [0.15, 0.2) is 0 Å². The maximum Gasteiger partial charge on any atom is 0.0761 e. The number of aliphatic hydroxyl groups excluding tert-OH is 2. The van der Waals surface area contributed by atoms with Gasteiger partial charge in [0.1, 0.15) is 0 Å². The third-order valence-corrected chi connectivity index (χ3v) is 3.63. The van der Waals surface area contributed by atoms with Gasteiger partial charge in [0.25, 0.3) is 0 Å². The van der Waals surface area contributed by atoms with Crippen LogP contribution in [0.4, 0.5) is 0 Å². The molecule has 2 rings (SSSR count). The average molecular weight is 270 g/mol. The SMILES string of the molecule is C[C@@H](O)c1ccc(CCc2ccc([C@@H](C)O)cc2)cc1. The first-order valence-electron chi connectivity index (χ1n) is 7.10. The van der Waals surface area contributed by atoms with Gasteiger partial charge in [0, 0.05) is 0 Å². The molecule has 2 aromatic carbocycles. The number of aryl methyl sites for hydroxylation is 2. The zero-order valence-electron chi connectivity index (χ0n) is 12.1. The number of hydrogen-bond acceptors (Lipinski definition) is 2. The van der Waals surface area contributed by atoms with Crippen LogP contribution >= 0.6 is 0 Å². The Morgan fingerprint density at radius 3 is 1.20 bits per heavy atom. The van der Waals surface area contributed by atoms with Gasteiger partial charge in [0.2, 0.25) is 0 Å². The van der Waals surface area contributed by atoms with Crippen molar-refractivity contribution in [2.45, 2.75) is 38.9 Å². The molecule has 0 fully saturated rings. The summed E-state index contributed by atoms with van der Waals surface area (Å²) >= 11 is 0. The van der Waals surface area contributed by atoms with Gasteiger partial charge in [0.05, 0.1) is 12.2 Å². The molecule has 0 amide bonds. The Balaban J connectivity index is 1.94. The van der Waals surface area contributed by atoms with Crippen LogP contribution in [0.5, 0.6) is 0 Å². The maximum atomic E-state index is 9.47. The summed E-state index contributed by atoms with van der Waals surface area (Å²) in [5.74, 6) is 0. The molecular weight excluding hydrogens is 248 g/mol. The molecule has 0 aliphatic carbocycles. The van der Waals surface area contributed by atoms with E-state index in [9.17, 15) is 10.2 Å². The highest BCUT2D eigenvalue weighted by molar-refractivity contribution is 5.27. The minimum absolute atomic E-state index is 0.405. The molecule has 20 heavy (non-hydrogen) atoms. The molecule has 0 unspecified atom stereocenters. The Morgan fingerprint density at radius 1 is 0.650 bits per heavy atom. The molecule has 2 atom stereocenters. The largest absolute Gasteiger partial charge is 0.389 e. The number of rotatable bonds is 5. The molecule has 106 valence electrons. The molecule has 0 aliphatic rings. The van der Waals surface area contributed by atoms with Crippen molar-refractivity contribution >= 4 is 0 Å². The van der Waals surface area contributed by atoms with Crippen LogP contribution in [0.2, 0.25) is 0 Å². The topological polar surface area (TPSA) is 40.5 Å². The van der Waals surface area contributed by atoms with E-state index in [0.29, 0.717) is 0 Å². The fourth-order valence-electron chi connectivity index (χ4n) is 2.21. The van der Waals surface area contributed by atoms with E-state index < -0.39 is 12.2 Å². The van der Waals surface area contributed by atoms with Crippen molar-refractivity contribution in [3.63, 3.8) is 0 Å². The summed E-state index contributed by atoms with van der Waals surface area (Å²) < 4.78 is 0. The second kappa shape index (κ2) is 6.69. The zero-order valence-corrected chi connectivity index (χ0v) is 12.1. The van der Waals surface area contributed by atoms with Crippen LogP contribution in [0, 0.1) is 0 Å². The van der Waals surface area contributed by atoms with Gasteiger partial charge in [-0.1, -0.05) is 48.5 Å². The minimum atomic E-state index is -0.405. The lowest BCUT2D eigenvalue weighted by Gasteiger charge is -2.08. The van der Waals surface area contributed by atoms with Gasteiger partial charge in [-0.3, -0.25) is 0 Å². The molecule has 2 N–H and O–H groups in total. The van der Waals surface area contributed by atoms with Crippen LogP contribution in [0.25, 0.3) is 0 Å². The summed E-state index contributed by atoms with van der Waals surface area (Å²) in [7, 11) is 0. The van der Waals surface area contributed by atoms with Crippen LogP contribution in [-0.4, -0.2) is 10.2 Å². The van der Waals surface area contributed by atoms with Crippen LogP contribution in [0.15, 0.2) is 48.5 Å². The van der Waals surface area contributed by atoms with Gasteiger partial charge in [-0.25, -0.2) is 0 Å². The molecule has 0 saturated carbocycles. The highest BCUT2D eigenvalue weighted by Crippen LogP contribution is 2.16. The number of benzene rings is 2. The van der Waals surface area contributed by atoms with E-state index in [1.54, 1.807) is 13.8 Å². The molecule has 0 radical (unpaired) electrons. The second-order valence-electron chi connectivity index (χ2n) is 5.34. The van der Waals surface area contributed by atoms with E-state index in [1.807, 2.05) is 24.3 Å². The molecule has 0 aromatic heterocycles. The molecule has 2 heteroatoms. The van der Waals surface area contributed by atoms with E-state index in [4.69, 9.17) is 0 Å². The van der Waals surface area contributed by atoms with E-state index in [1.165, 1.54) is 11.1 Å². The summed E-state index contributed by atoms with van der Waals surface area (Å²) in [5, 5.41) is 18.9. The Kier molecular flexibility index (Phi) is 4.94. The minimum Gasteiger partial charge on any atom is -0.389 e. The van der Waals surface area contributed by atoms with Crippen molar-refractivity contribution in [2.75, 3.05) is 0 Å². The summed E-state index contributed by atoms with van der Waals surface area (Å²) in [6.07, 6.45) is 1.15. The third kappa shape index (κ3) is 3.92. The molecule has 0 spiro atoms. The quantitative estimate of drug-likeness (QED) is 0.872. The maximum absolute atomic E-state index is 9.47. The van der Waals surface area contributed by atoms with Crippen molar-refractivity contribution < 1.29 is 10.2 Å². The molecule has 2 aromatic rings. The van der Waals surface area contributed by atoms with Crippen LogP contribution in [-0.2, 0) is 12.8 Å². The van der Waals surface area contributed by atoms with Crippen molar-refractivity contribution in [3.8, 4) is 0 Å². The molecule has 0 bridgehead atoms. The summed E-state index contributed by atoms with van der Waals surface area (Å²) in [6, 6.07) is 16.2. The molecule has 0 saturated heterocycles. The lowest BCUT2D eigenvalue weighted by Crippen LogP contribution is -1.95. The standard InChI is InChI=1S/C18H22O2/c1-13(19)17-9-5-15(6-10-17)3-4-16-7-11-18(12-8-16)14(2)20/h5-14,19-20H,3-4H2,1-2H3/t13-,14-/m1/s1. The van der Waals surface area contributed by atoms with E-state index in [0.717, 1.165) is 24.0 Å². The predicted octanol–water partition coefficient (Wildman–Crippen LogP) is 3.58. The van der Waals surface area contributed by atoms with Gasteiger partial charge in [-0.15, -0.1) is 0 Å². The fraction of sp³-hybridized carbons (Fsp3) is 0.333. The highest BCUT2D eigenvalue weighted by Gasteiger charge is 2.02. The smallest absolute Gasteiger partial charge is 0.0761 e. The van der Waals surface area contributed by atoms with Gasteiger partial charge < -0.3 is 10.2 Å². The Morgan fingerprint density at radius 2 is 0.950 bits per heavy atom. The van der Waals surface area contributed by atoms with Crippen molar-refractivity contribution in [1.29, 1.82) is 0 Å². The first-order chi connectivity index (χ1) is 9.56. The Hall–Kier alpha value is -1.64. The van der Waals surface area contributed by atoms with Crippen LogP contribution < -0.4 is 0 Å². The van der Waals surface area contributed by atoms with E-state index >= 15 is 0 Å². The summed E-state index contributed by atoms with van der Waals surface area (Å²) in [4.78, 5) is 0. The summed E-state index contributed by atoms with van der Waals surface area (Å²) in [5.41, 5.74) is 4.45. The Bertz CT molecular complexity index is 473. The van der Waals surface area contributed by atoms with E-state index in [-0.39, 0.29) is 0 Å². The molecule has 0 heterocycles. The van der Waals surface area contributed by atoms with E-state index in [2.05, 4.69) is 24.3 Å². The monoisotopic (exact) mass is 270 g/mol. The highest BCUT2D eigenvalue weighted by atomic mass is 16.3. The molecule has 0 aliphatic heterocycles. The van der Waals surface area contributed by atoms with Gasteiger partial charge >= 0.3 is 0 Å². The van der Waals surface area contributed by atoms with Crippen molar-refractivity contribution in [2.24, 2.45) is 0 Å². The summed E-state index contributed by atoms with van der Waals surface area (Å²) in [6.45, 7) is 3.55. The lowest BCUT2D eigenvalue weighted by molar-refractivity contribution is 0.199. The zero-order chi connectivity index (χ0) is 14.5. The van der Waals surface area contributed by atoms with Crippen LogP contribution in [0.3, 0.4) is 0 Å². The normalized spacial score (nSPS) is 14.0. The van der Waals surface area contributed by atoms with Crippen molar-refractivity contribution in [3.05, 3.63) is 70.8 Å². The number of hydrogen-bond donors (Lipinski definition) is 2. The lowest BCUT2D eigenvalue weighted by atomic mass is 10.0. The second-order valence-corrected chi connectivity index (χ2v) is 5.34. The Labute approximate surface area is 120 Å². The predicted molar refractivity (Wildman–Crippen MR) is 81.6 cm³/mol.